The molecule has 2 aromatic rings. The fraction of sp³-hybridized carbons (Fsp3) is 0.167. The van der Waals surface area contributed by atoms with Gasteiger partial charge in [-0.1, -0.05) is 30.3 Å². The first-order valence-electron chi connectivity index (χ1n) is 9.51. The molecule has 158 valence electrons. The number of allylic oxidation sites excluding steroid dienone is 1. The first kappa shape index (κ1) is 21.5. The van der Waals surface area contributed by atoms with Gasteiger partial charge < -0.3 is 24.3 Å². The summed E-state index contributed by atoms with van der Waals surface area (Å²) < 4.78 is 21.9. The number of hydrogen-bond donors (Lipinski definition) is 1. The second-order valence-electron chi connectivity index (χ2n) is 6.58. The number of methoxy groups -OCH3 is 2. The lowest BCUT2D eigenvalue weighted by atomic mass is 10.1. The van der Waals surface area contributed by atoms with Crippen LogP contribution in [0.5, 0.6) is 11.5 Å². The zero-order valence-electron chi connectivity index (χ0n) is 17.4. The molecule has 7 heteroatoms. The Morgan fingerprint density at radius 1 is 1.06 bits per heavy atom. The molecule has 0 spiro atoms. The number of nitrogens with zero attached hydrogens (tertiary/aromatic N) is 1. The van der Waals surface area contributed by atoms with Crippen molar-refractivity contribution in [1.29, 1.82) is 5.26 Å². The number of ether oxygens (including phenoxy) is 4. The van der Waals surface area contributed by atoms with Gasteiger partial charge in [-0.25, -0.2) is 4.79 Å². The van der Waals surface area contributed by atoms with Gasteiger partial charge in [0.15, 0.2) is 5.88 Å². The summed E-state index contributed by atoms with van der Waals surface area (Å²) in [5, 5.41) is 12.5. The van der Waals surface area contributed by atoms with E-state index in [4.69, 9.17) is 18.9 Å². The number of nitrogens with one attached hydrogen (secondary N) is 1. The Balaban J connectivity index is 1.89. The van der Waals surface area contributed by atoms with Crippen molar-refractivity contribution in [2.45, 2.75) is 13.0 Å². The smallest absolute Gasteiger partial charge is 0.341 e. The maximum absolute atomic E-state index is 12.2. The Hall–Kier alpha value is -4.18. The summed E-state index contributed by atoms with van der Waals surface area (Å²) in [7, 11) is 2.75. The van der Waals surface area contributed by atoms with E-state index in [1.807, 2.05) is 13.0 Å². The minimum absolute atomic E-state index is 0.0917. The fourth-order valence-corrected chi connectivity index (χ4v) is 2.97. The largest absolute Gasteiger partial charge is 0.503 e. The van der Waals surface area contributed by atoms with E-state index in [0.717, 1.165) is 0 Å². The average molecular weight is 418 g/mol. The summed E-state index contributed by atoms with van der Waals surface area (Å²) in [5.41, 5.74) is 1.17. The van der Waals surface area contributed by atoms with Crippen LogP contribution in [0.3, 0.4) is 0 Å². The first-order valence-corrected chi connectivity index (χ1v) is 9.51. The highest BCUT2D eigenvalue weighted by atomic mass is 16.5. The van der Waals surface area contributed by atoms with Crippen molar-refractivity contribution in [3.8, 4) is 17.6 Å². The molecule has 1 unspecified atom stereocenters. The molecule has 1 N–H and O–H groups in total. The molecular formula is C24H22N2O5. The molecule has 7 nitrogen and oxygen atoms in total. The number of para-hydroxylation sites is 2. The lowest BCUT2D eigenvalue weighted by Gasteiger charge is -2.23. The second-order valence-corrected chi connectivity index (χ2v) is 6.58. The van der Waals surface area contributed by atoms with Gasteiger partial charge in [-0.2, -0.15) is 5.26 Å². The molecule has 1 atom stereocenters. The van der Waals surface area contributed by atoms with Crippen LogP contribution in [0.4, 0.5) is 0 Å². The molecule has 3 rings (SSSR count). The predicted molar refractivity (Wildman–Crippen MR) is 115 cm³/mol. The standard InChI is InChI=1S/C24H22N2O5/c1-16-12-18(30-21-10-6-4-8-17(21)14-25)13-23(26-16)31-22-11-7-5-9-19(22)20(15-28-2)24(27)29-3/h4-13,15-16,26H,1-3H3/b20-15+. The quantitative estimate of drug-likeness (QED) is 0.414. The van der Waals surface area contributed by atoms with E-state index in [2.05, 4.69) is 11.4 Å². The van der Waals surface area contributed by atoms with Gasteiger partial charge >= 0.3 is 5.97 Å². The number of dihydropyridines is 1. The van der Waals surface area contributed by atoms with Gasteiger partial charge in [-0.05, 0) is 31.2 Å². The topological polar surface area (TPSA) is 89.8 Å². The highest BCUT2D eigenvalue weighted by Crippen LogP contribution is 2.29. The van der Waals surface area contributed by atoms with Crippen LogP contribution in [-0.4, -0.2) is 26.2 Å². The van der Waals surface area contributed by atoms with Crippen LogP contribution in [0, 0.1) is 11.3 Å². The molecule has 0 amide bonds. The van der Waals surface area contributed by atoms with Gasteiger partial charge in [0.05, 0.1) is 26.0 Å². The number of esters is 1. The summed E-state index contributed by atoms with van der Waals surface area (Å²) >= 11 is 0. The lowest BCUT2D eigenvalue weighted by Crippen LogP contribution is -2.30. The number of nitriles is 1. The molecule has 0 aromatic heterocycles. The zero-order valence-corrected chi connectivity index (χ0v) is 17.4. The van der Waals surface area contributed by atoms with Crippen molar-refractivity contribution in [1.82, 2.24) is 5.32 Å². The van der Waals surface area contributed by atoms with Crippen molar-refractivity contribution in [3.05, 3.63) is 89.7 Å². The fourth-order valence-electron chi connectivity index (χ4n) is 2.97. The number of carbonyl (C=O) groups excluding carboxylic acids is 1. The zero-order chi connectivity index (χ0) is 22.2. The lowest BCUT2D eigenvalue weighted by molar-refractivity contribution is -0.133. The molecular weight excluding hydrogens is 396 g/mol. The molecule has 0 aliphatic carbocycles. The van der Waals surface area contributed by atoms with Crippen LogP contribution in [0.15, 0.2) is 78.6 Å². The molecule has 1 aliphatic heterocycles. The highest BCUT2D eigenvalue weighted by Gasteiger charge is 2.20. The van der Waals surface area contributed by atoms with E-state index in [1.165, 1.54) is 20.5 Å². The SMILES string of the molecule is CO/C=C(/C(=O)OC)c1ccccc1OC1=CC(Oc2ccccc2C#N)=CC(C)N1. The van der Waals surface area contributed by atoms with Crippen LogP contribution in [-0.2, 0) is 14.3 Å². The van der Waals surface area contributed by atoms with E-state index in [1.54, 1.807) is 54.6 Å². The summed E-state index contributed by atoms with van der Waals surface area (Å²) in [6, 6.07) is 16.1. The van der Waals surface area contributed by atoms with Gasteiger partial charge in [-0.15, -0.1) is 0 Å². The van der Waals surface area contributed by atoms with Crippen molar-refractivity contribution in [2.24, 2.45) is 0 Å². The van der Waals surface area contributed by atoms with Crippen LogP contribution in [0.1, 0.15) is 18.1 Å². The van der Waals surface area contributed by atoms with Gasteiger partial charge in [0.2, 0.25) is 0 Å². The maximum atomic E-state index is 12.2. The molecule has 0 bridgehead atoms. The molecule has 0 fully saturated rings. The van der Waals surface area contributed by atoms with Crippen molar-refractivity contribution >= 4 is 11.5 Å². The van der Waals surface area contributed by atoms with Crippen LogP contribution in [0.2, 0.25) is 0 Å². The van der Waals surface area contributed by atoms with Crippen LogP contribution in [0.25, 0.3) is 5.57 Å². The summed E-state index contributed by atoms with van der Waals surface area (Å²) in [6.45, 7) is 1.94. The summed E-state index contributed by atoms with van der Waals surface area (Å²) in [4.78, 5) is 12.2. The monoisotopic (exact) mass is 418 g/mol. The highest BCUT2D eigenvalue weighted by molar-refractivity contribution is 6.17. The third kappa shape index (κ3) is 5.25. The Morgan fingerprint density at radius 3 is 2.48 bits per heavy atom. The summed E-state index contributed by atoms with van der Waals surface area (Å²) in [5.74, 6) is 1.29. The van der Waals surface area contributed by atoms with Gasteiger partial charge in [-0.3, -0.25) is 0 Å². The molecule has 0 saturated carbocycles. The van der Waals surface area contributed by atoms with Crippen LogP contribution < -0.4 is 14.8 Å². The minimum atomic E-state index is -0.547. The molecule has 1 heterocycles. The van der Waals surface area contributed by atoms with E-state index < -0.39 is 5.97 Å². The minimum Gasteiger partial charge on any atom is -0.503 e. The Kier molecular flexibility index (Phi) is 6.97. The molecule has 2 aromatic carbocycles. The summed E-state index contributed by atoms with van der Waals surface area (Å²) in [6.07, 6.45) is 4.87. The number of rotatable bonds is 7. The van der Waals surface area contributed by atoms with Crippen molar-refractivity contribution in [2.75, 3.05) is 14.2 Å². The maximum Gasteiger partial charge on any atom is 0.341 e. The molecule has 31 heavy (non-hydrogen) atoms. The third-order valence-electron chi connectivity index (χ3n) is 4.33. The first-order chi connectivity index (χ1) is 15.0. The predicted octanol–water partition coefficient (Wildman–Crippen LogP) is 3.89. The van der Waals surface area contributed by atoms with Crippen LogP contribution >= 0.6 is 0 Å². The molecule has 1 aliphatic rings. The normalized spacial score (nSPS) is 15.5. The Morgan fingerprint density at radius 2 is 1.77 bits per heavy atom. The van der Waals surface area contributed by atoms with E-state index >= 15 is 0 Å². The molecule has 0 radical (unpaired) electrons. The Bertz CT molecular complexity index is 1100. The van der Waals surface area contributed by atoms with E-state index in [-0.39, 0.29) is 11.6 Å². The van der Waals surface area contributed by atoms with Gasteiger partial charge in [0.1, 0.15) is 28.9 Å². The van der Waals surface area contributed by atoms with Crippen molar-refractivity contribution < 1.29 is 23.7 Å². The van der Waals surface area contributed by atoms with Crippen molar-refractivity contribution in [3.63, 3.8) is 0 Å². The number of benzene rings is 2. The van der Waals surface area contributed by atoms with Gasteiger partial charge in [0, 0.05) is 17.7 Å². The van der Waals surface area contributed by atoms with Gasteiger partial charge in [0.25, 0.3) is 0 Å². The third-order valence-corrected chi connectivity index (χ3v) is 4.33. The molecule has 0 saturated heterocycles. The number of carbonyl (C=O) groups is 1. The van der Waals surface area contributed by atoms with E-state index in [0.29, 0.717) is 34.3 Å². The average Bonchev–Trinajstić information content (AvgIpc) is 2.77. The number of hydrogen-bond acceptors (Lipinski definition) is 7. The second kappa shape index (κ2) is 10.0. The van der Waals surface area contributed by atoms with E-state index in [9.17, 15) is 10.1 Å². The Labute approximate surface area is 180 Å².